The molecule has 4 aliphatic rings. The number of anilines is 1. The molecular formula is C26H27ClN4O3S. The fourth-order valence-electron chi connectivity index (χ4n) is 5.00. The van der Waals surface area contributed by atoms with Crippen LogP contribution in [0.25, 0.3) is 6.08 Å². The summed E-state index contributed by atoms with van der Waals surface area (Å²) in [5.41, 5.74) is 5.55. The van der Waals surface area contributed by atoms with Crippen molar-refractivity contribution in [2.45, 2.75) is 44.9 Å². The largest absolute Gasteiger partial charge is 0.423 e. The van der Waals surface area contributed by atoms with Gasteiger partial charge in [0.25, 0.3) is 0 Å². The van der Waals surface area contributed by atoms with Crippen LogP contribution in [0.5, 0.6) is 11.8 Å². The lowest BCUT2D eigenvalue weighted by Gasteiger charge is -2.22. The van der Waals surface area contributed by atoms with Gasteiger partial charge in [-0.05, 0) is 68.2 Å². The Morgan fingerprint density at radius 1 is 1.06 bits per heavy atom. The van der Waals surface area contributed by atoms with E-state index < -0.39 is 9.84 Å². The Hall–Kier alpha value is -2.71. The first-order chi connectivity index (χ1) is 16.8. The Labute approximate surface area is 210 Å². The molecule has 2 aromatic rings. The van der Waals surface area contributed by atoms with Gasteiger partial charge in [-0.3, -0.25) is 4.99 Å². The summed E-state index contributed by atoms with van der Waals surface area (Å²) in [6, 6.07) is 5.95. The summed E-state index contributed by atoms with van der Waals surface area (Å²) >= 11 is 6.68. The number of fused-ring (bicyclic) bond motifs is 1. The zero-order chi connectivity index (χ0) is 24.2. The minimum absolute atomic E-state index is 0.0218. The van der Waals surface area contributed by atoms with E-state index in [1.807, 2.05) is 18.2 Å². The van der Waals surface area contributed by atoms with E-state index in [1.54, 1.807) is 0 Å². The maximum Gasteiger partial charge on any atom is 0.324 e. The summed E-state index contributed by atoms with van der Waals surface area (Å²) in [4.78, 5) is 13.9. The number of ether oxygens (including phenoxy) is 1. The minimum atomic E-state index is -2.98. The molecule has 1 aromatic heterocycles. The molecule has 9 heteroatoms. The van der Waals surface area contributed by atoms with Crippen LogP contribution >= 0.6 is 11.6 Å². The molecule has 2 fully saturated rings. The second-order valence-electron chi connectivity index (χ2n) is 9.93. The fourth-order valence-corrected chi connectivity index (χ4v) is 6.77. The number of amidine groups is 1. The number of hydrogen-bond acceptors (Lipinski definition) is 7. The smallest absolute Gasteiger partial charge is 0.324 e. The summed E-state index contributed by atoms with van der Waals surface area (Å²) in [7, 11) is -2.98. The van der Waals surface area contributed by atoms with Crippen molar-refractivity contribution in [2.24, 2.45) is 10.9 Å². The molecule has 1 aromatic carbocycles. The molecule has 7 nitrogen and oxygen atoms in total. The van der Waals surface area contributed by atoms with Crippen LogP contribution in [-0.2, 0) is 16.3 Å². The molecule has 0 amide bonds. The van der Waals surface area contributed by atoms with Crippen LogP contribution in [0.1, 0.15) is 55.3 Å². The predicted octanol–water partition coefficient (Wildman–Crippen LogP) is 5.33. The predicted molar refractivity (Wildman–Crippen MR) is 138 cm³/mol. The van der Waals surface area contributed by atoms with Gasteiger partial charge in [-0.15, -0.1) is 0 Å². The summed E-state index contributed by atoms with van der Waals surface area (Å²) < 4.78 is 30.1. The van der Waals surface area contributed by atoms with Crippen molar-refractivity contribution in [3.63, 3.8) is 0 Å². The van der Waals surface area contributed by atoms with Gasteiger partial charge in [0, 0.05) is 17.5 Å². The zero-order valence-electron chi connectivity index (χ0n) is 19.6. The lowest BCUT2D eigenvalue weighted by molar-refractivity contribution is 0.436. The molecule has 1 saturated heterocycles. The van der Waals surface area contributed by atoms with Crippen LogP contribution in [0, 0.1) is 5.92 Å². The van der Waals surface area contributed by atoms with E-state index in [0.717, 1.165) is 30.1 Å². The third-order valence-electron chi connectivity index (χ3n) is 7.11. The zero-order valence-corrected chi connectivity index (χ0v) is 21.1. The molecule has 1 saturated carbocycles. The van der Waals surface area contributed by atoms with Gasteiger partial charge in [-0.25, -0.2) is 8.42 Å². The molecular weight excluding hydrogens is 484 g/mol. The second kappa shape index (κ2) is 8.75. The highest BCUT2D eigenvalue weighted by atomic mass is 35.5. The molecule has 0 unspecified atom stereocenters. The van der Waals surface area contributed by atoms with E-state index in [1.165, 1.54) is 29.6 Å². The number of nitrogens with zero attached hydrogens (tertiary/aromatic N) is 3. The molecule has 0 spiro atoms. The fraction of sp³-hybridized carbons (Fsp3) is 0.423. The highest BCUT2D eigenvalue weighted by Crippen LogP contribution is 2.40. The highest BCUT2D eigenvalue weighted by molar-refractivity contribution is 7.91. The topological polar surface area (TPSA) is 93.5 Å². The monoisotopic (exact) mass is 510 g/mol. The van der Waals surface area contributed by atoms with Gasteiger partial charge >= 0.3 is 6.01 Å². The Morgan fingerprint density at radius 2 is 1.86 bits per heavy atom. The maximum atomic E-state index is 12.0. The van der Waals surface area contributed by atoms with Crippen molar-refractivity contribution < 1.29 is 13.2 Å². The molecule has 0 bridgehead atoms. The first kappa shape index (κ1) is 22.7. The van der Waals surface area contributed by atoms with E-state index in [0.29, 0.717) is 35.3 Å². The van der Waals surface area contributed by atoms with E-state index in [4.69, 9.17) is 16.3 Å². The normalized spacial score (nSPS) is 21.3. The number of halogens is 1. The van der Waals surface area contributed by atoms with Crippen LogP contribution in [0.15, 0.2) is 40.4 Å². The third-order valence-corrected chi connectivity index (χ3v) is 9.21. The van der Waals surface area contributed by atoms with E-state index >= 15 is 0 Å². The van der Waals surface area contributed by atoms with Crippen molar-refractivity contribution in [1.82, 2.24) is 9.97 Å². The van der Waals surface area contributed by atoms with Crippen LogP contribution in [0.2, 0.25) is 5.02 Å². The summed E-state index contributed by atoms with van der Waals surface area (Å²) in [6.45, 7) is 2.81. The van der Waals surface area contributed by atoms with Crippen molar-refractivity contribution in [3.8, 4) is 11.8 Å². The van der Waals surface area contributed by atoms with Gasteiger partial charge in [0.2, 0.25) is 0 Å². The second-order valence-corrected chi connectivity index (χ2v) is 12.6. The molecule has 182 valence electrons. The van der Waals surface area contributed by atoms with Crippen LogP contribution in [-0.4, -0.2) is 42.3 Å². The number of sulfone groups is 1. The van der Waals surface area contributed by atoms with Gasteiger partial charge in [0.1, 0.15) is 27.2 Å². The van der Waals surface area contributed by atoms with Gasteiger partial charge in [-0.2, -0.15) is 9.97 Å². The molecule has 1 N–H and O–H groups in total. The van der Waals surface area contributed by atoms with Crippen LogP contribution < -0.4 is 10.1 Å². The lowest BCUT2D eigenvalue weighted by Crippen LogP contribution is -2.23. The van der Waals surface area contributed by atoms with Crippen molar-refractivity contribution in [3.05, 3.63) is 57.3 Å². The Bertz CT molecular complexity index is 1400. The first-order valence-corrected chi connectivity index (χ1v) is 14.3. The quantitative estimate of drug-likeness (QED) is 0.584. The SMILES string of the molecule is CC1=Cc2c(ccc(Oc3nc(NC4=NCC(C5CC5)=C4)cc(C4CCS(=O)(=O)CC4)n3)c2Cl)C1. The minimum Gasteiger partial charge on any atom is -0.423 e. The molecule has 3 heterocycles. The Morgan fingerprint density at radius 3 is 2.63 bits per heavy atom. The van der Waals surface area contributed by atoms with Crippen molar-refractivity contribution >= 4 is 39.2 Å². The molecule has 2 aliphatic heterocycles. The molecule has 35 heavy (non-hydrogen) atoms. The number of hydrogen-bond donors (Lipinski definition) is 1. The van der Waals surface area contributed by atoms with Crippen LogP contribution in [0.4, 0.5) is 5.82 Å². The lowest BCUT2D eigenvalue weighted by atomic mass is 9.98. The Balaban J connectivity index is 1.31. The first-order valence-electron chi connectivity index (χ1n) is 12.1. The number of rotatable bonds is 5. The van der Waals surface area contributed by atoms with E-state index in [-0.39, 0.29) is 23.4 Å². The van der Waals surface area contributed by atoms with Gasteiger partial charge in [0.05, 0.1) is 28.8 Å². The summed E-state index contributed by atoms with van der Waals surface area (Å²) in [5.74, 6) is 2.89. The molecule has 0 radical (unpaired) electrons. The average molecular weight is 511 g/mol. The third kappa shape index (κ3) is 4.86. The number of aromatic nitrogens is 2. The molecule has 6 rings (SSSR count). The standard InChI is InChI=1S/C26H27ClN4O3S/c1-15-10-18-4-5-22(25(27)20(18)11-15)34-26-29-21(17-6-8-35(32,33)9-7-17)13-24(31-26)30-23-12-19(14-28-23)16-2-3-16/h4-5,11-13,16-17H,2-3,6-10,14H2,1H3,(H,28,29,30,31). The number of aliphatic imine (C=N–C) groups is 1. The van der Waals surface area contributed by atoms with Crippen LogP contribution in [0.3, 0.4) is 0 Å². The molecule has 2 aliphatic carbocycles. The van der Waals surface area contributed by atoms with Crippen molar-refractivity contribution in [2.75, 3.05) is 23.4 Å². The Kier molecular flexibility index (Phi) is 5.68. The maximum absolute atomic E-state index is 12.0. The van der Waals surface area contributed by atoms with Gasteiger partial charge < -0.3 is 10.1 Å². The van der Waals surface area contributed by atoms with Gasteiger partial charge in [0.15, 0.2) is 0 Å². The van der Waals surface area contributed by atoms with Crippen molar-refractivity contribution in [1.29, 1.82) is 0 Å². The van der Waals surface area contributed by atoms with Gasteiger partial charge in [-0.1, -0.05) is 29.3 Å². The summed E-state index contributed by atoms with van der Waals surface area (Å²) in [6.07, 6.45) is 8.64. The average Bonchev–Trinajstić information content (AvgIpc) is 3.44. The summed E-state index contributed by atoms with van der Waals surface area (Å²) in [5, 5.41) is 3.86. The number of allylic oxidation sites excluding steroid dienone is 1. The number of nitrogens with one attached hydrogen (secondary N) is 1. The number of benzene rings is 1. The molecule has 0 atom stereocenters. The van der Waals surface area contributed by atoms with E-state index in [9.17, 15) is 8.42 Å². The highest BCUT2D eigenvalue weighted by Gasteiger charge is 2.29. The van der Waals surface area contributed by atoms with E-state index in [2.05, 4.69) is 39.4 Å².